The molecule has 1 N–H and O–H groups in total. The van der Waals surface area contributed by atoms with E-state index in [1.54, 1.807) is 17.9 Å². The van der Waals surface area contributed by atoms with E-state index in [0.29, 0.717) is 36.6 Å². The summed E-state index contributed by atoms with van der Waals surface area (Å²) in [5.74, 6) is -0.672. The van der Waals surface area contributed by atoms with E-state index in [-0.39, 0.29) is 17.4 Å². The summed E-state index contributed by atoms with van der Waals surface area (Å²) in [5, 5.41) is 8.06. The second-order valence-corrected chi connectivity index (χ2v) is 10.3. The number of anilines is 1. The normalized spacial score (nSPS) is 18.5. The number of carboxylic acids is 1. The van der Waals surface area contributed by atoms with Gasteiger partial charge in [-0.25, -0.2) is 13.4 Å². The van der Waals surface area contributed by atoms with Gasteiger partial charge in [-0.15, -0.1) is 6.58 Å². The standard InChI is InChI=1S/C23H26F3N3O4S/c1-4-21(34(32,33)19-7-5-15(2)17(11-19)12-22(30)31)28-9-10-29(16(3)14-28)20-8-6-18(13-27-20)23(24,25)26/h4-8,11,13,16,21H,1,9-10,12,14H2,2-3H3,(H,30,31). The molecule has 34 heavy (non-hydrogen) atoms. The van der Waals surface area contributed by atoms with Crippen LogP contribution in [0.4, 0.5) is 19.0 Å². The molecule has 184 valence electrons. The van der Waals surface area contributed by atoms with E-state index in [2.05, 4.69) is 11.6 Å². The Balaban J connectivity index is 1.80. The van der Waals surface area contributed by atoms with Crippen LogP contribution in [-0.2, 0) is 27.2 Å². The van der Waals surface area contributed by atoms with Gasteiger partial charge in [0.05, 0.1) is 16.9 Å². The molecule has 3 rings (SSSR count). The van der Waals surface area contributed by atoms with E-state index in [9.17, 15) is 26.4 Å². The Hall–Kier alpha value is -2.92. The highest BCUT2D eigenvalue weighted by molar-refractivity contribution is 7.92. The maximum absolute atomic E-state index is 13.4. The van der Waals surface area contributed by atoms with Crippen LogP contribution in [0.3, 0.4) is 0 Å². The fourth-order valence-corrected chi connectivity index (χ4v) is 5.75. The molecule has 0 saturated carbocycles. The van der Waals surface area contributed by atoms with Gasteiger partial charge in [-0.1, -0.05) is 12.1 Å². The molecular weight excluding hydrogens is 471 g/mol. The molecule has 1 fully saturated rings. The van der Waals surface area contributed by atoms with Crippen molar-refractivity contribution in [2.45, 2.75) is 42.8 Å². The van der Waals surface area contributed by atoms with Gasteiger partial charge in [0.25, 0.3) is 0 Å². The highest BCUT2D eigenvalue weighted by Gasteiger charge is 2.36. The van der Waals surface area contributed by atoms with Gasteiger partial charge in [0, 0.05) is 31.9 Å². The minimum Gasteiger partial charge on any atom is -0.481 e. The molecule has 7 nitrogen and oxygen atoms in total. The summed E-state index contributed by atoms with van der Waals surface area (Å²) in [6.07, 6.45) is -2.63. The van der Waals surface area contributed by atoms with Crippen LogP contribution in [0.15, 0.2) is 54.1 Å². The molecule has 0 spiro atoms. The number of piperazine rings is 1. The van der Waals surface area contributed by atoms with Gasteiger partial charge in [-0.2, -0.15) is 13.2 Å². The lowest BCUT2D eigenvalue weighted by molar-refractivity contribution is -0.138. The van der Waals surface area contributed by atoms with E-state index in [4.69, 9.17) is 5.11 Å². The van der Waals surface area contributed by atoms with Crippen molar-refractivity contribution in [1.82, 2.24) is 9.88 Å². The molecule has 1 aromatic carbocycles. The van der Waals surface area contributed by atoms with Crippen LogP contribution in [0, 0.1) is 6.92 Å². The number of alkyl halides is 3. The number of aliphatic carboxylic acids is 1. The Morgan fingerprint density at radius 1 is 1.29 bits per heavy atom. The molecule has 2 unspecified atom stereocenters. The summed E-state index contributed by atoms with van der Waals surface area (Å²) < 4.78 is 65.3. The van der Waals surface area contributed by atoms with Gasteiger partial charge < -0.3 is 10.0 Å². The van der Waals surface area contributed by atoms with Crippen molar-refractivity contribution in [1.29, 1.82) is 0 Å². The minimum atomic E-state index is -4.47. The Morgan fingerprint density at radius 3 is 2.53 bits per heavy atom. The van der Waals surface area contributed by atoms with Gasteiger partial charge >= 0.3 is 12.1 Å². The van der Waals surface area contributed by atoms with Gasteiger partial charge in [-0.05, 0) is 49.2 Å². The SMILES string of the molecule is C=CC(N1CCN(c2ccc(C(F)(F)F)cn2)C(C)C1)S(=O)(=O)c1ccc(C)c(CC(=O)O)c1. The number of sulfone groups is 1. The first-order valence-electron chi connectivity index (χ1n) is 10.6. The third kappa shape index (κ3) is 5.41. The zero-order valence-electron chi connectivity index (χ0n) is 18.8. The molecule has 1 aliphatic heterocycles. The van der Waals surface area contributed by atoms with Crippen molar-refractivity contribution in [3.63, 3.8) is 0 Å². The molecule has 0 amide bonds. The van der Waals surface area contributed by atoms with Crippen LogP contribution in [0.5, 0.6) is 0 Å². The molecule has 2 heterocycles. The number of carbonyl (C=O) groups is 1. The first kappa shape index (κ1) is 25.7. The second-order valence-electron chi connectivity index (χ2n) is 8.27. The summed E-state index contributed by atoms with van der Waals surface area (Å²) in [6, 6.07) is 6.50. The maximum atomic E-state index is 13.4. The molecule has 1 saturated heterocycles. The van der Waals surface area contributed by atoms with Crippen LogP contribution >= 0.6 is 0 Å². The number of aryl methyl sites for hydroxylation is 1. The molecule has 1 aliphatic rings. The van der Waals surface area contributed by atoms with Gasteiger partial charge in [0.1, 0.15) is 11.2 Å². The first-order chi connectivity index (χ1) is 15.8. The molecule has 0 aliphatic carbocycles. The number of rotatable bonds is 7. The number of hydrogen-bond donors (Lipinski definition) is 1. The molecule has 0 bridgehead atoms. The smallest absolute Gasteiger partial charge is 0.417 e. The summed E-state index contributed by atoms with van der Waals surface area (Å²) in [5.41, 5.74) is 0.270. The lowest BCUT2D eigenvalue weighted by atomic mass is 10.1. The average Bonchev–Trinajstić information content (AvgIpc) is 2.75. The molecule has 1 aromatic heterocycles. The van der Waals surface area contributed by atoms with Gasteiger partial charge in [-0.3, -0.25) is 9.69 Å². The van der Waals surface area contributed by atoms with Gasteiger partial charge in [0.2, 0.25) is 0 Å². The zero-order chi connectivity index (χ0) is 25.3. The molecular formula is C23H26F3N3O4S. The van der Waals surface area contributed by atoms with Crippen LogP contribution in [0.1, 0.15) is 23.6 Å². The monoisotopic (exact) mass is 497 g/mol. The maximum Gasteiger partial charge on any atom is 0.417 e. The van der Waals surface area contributed by atoms with Crippen LogP contribution in [-0.4, -0.2) is 60.4 Å². The number of benzene rings is 1. The minimum absolute atomic E-state index is 0.0127. The topological polar surface area (TPSA) is 90.8 Å². The number of hydrogen-bond acceptors (Lipinski definition) is 6. The predicted octanol–water partition coefficient (Wildman–Crippen LogP) is 3.53. The molecule has 2 aromatic rings. The van der Waals surface area contributed by atoms with E-state index in [1.807, 2.05) is 11.8 Å². The third-order valence-electron chi connectivity index (χ3n) is 5.90. The quantitative estimate of drug-likeness (QED) is 0.586. The van der Waals surface area contributed by atoms with E-state index in [1.165, 1.54) is 24.3 Å². The number of halogens is 3. The largest absolute Gasteiger partial charge is 0.481 e. The lowest BCUT2D eigenvalue weighted by Crippen LogP contribution is -2.56. The van der Waals surface area contributed by atoms with Crippen LogP contribution in [0.25, 0.3) is 0 Å². The highest BCUT2D eigenvalue weighted by atomic mass is 32.2. The van der Waals surface area contributed by atoms with Crippen molar-refractivity contribution in [2.24, 2.45) is 0 Å². The Bertz CT molecular complexity index is 1170. The molecule has 0 radical (unpaired) electrons. The van der Waals surface area contributed by atoms with Crippen molar-refractivity contribution >= 4 is 21.6 Å². The van der Waals surface area contributed by atoms with E-state index < -0.39 is 32.9 Å². The lowest BCUT2D eigenvalue weighted by Gasteiger charge is -2.42. The number of aromatic nitrogens is 1. The molecule has 11 heteroatoms. The number of carboxylic acid groups (broad SMARTS) is 1. The highest BCUT2D eigenvalue weighted by Crippen LogP contribution is 2.31. The van der Waals surface area contributed by atoms with Crippen molar-refractivity contribution in [3.8, 4) is 0 Å². The average molecular weight is 498 g/mol. The predicted molar refractivity (Wildman–Crippen MR) is 121 cm³/mol. The fourth-order valence-electron chi connectivity index (χ4n) is 4.07. The summed E-state index contributed by atoms with van der Waals surface area (Å²) in [6.45, 7) is 8.25. The Labute approximate surface area is 196 Å². The number of nitrogens with zero attached hydrogens (tertiary/aromatic N) is 3. The Morgan fingerprint density at radius 2 is 2.00 bits per heavy atom. The Kier molecular flexibility index (Phi) is 7.37. The first-order valence-corrected chi connectivity index (χ1v) is 12.1. The van der Waals surface area contributed by atoms with E-state index in [0.717, 1.165) is 12.3 Å². The summed E-state index contributed by atoms with van der Waals surface area (Å²) in [4.78, 5) is 18.7. The van der Waals surface area contributed by atoms with E-state index >= 15 is 0 Å². The van der Waals surface area contributed by atoms with Crippen molar-refractivity contribution < 1.29 is 31.5 Å². The second kappa shape index (κ2) is 9.75. The summed E-state index contributed by atoms with van der Waals surface area (Å²) >= 11 is 0. The summed E-state index contributed by atoms with van der Waals surface area (Å²) in [7, 11) is -3.90. The van der Waals surface area contributed by atoms with Gasteiger partial charge in [0.15, 0.2) is 9.84 Å². The zero-order valence-corrected chi connectivity index (χ0v) is 19.6. The molecule has 2 atom stereocenters. The number of pyridine rings is 1. The van der Waals surface area contributed by atoms with Crippen LogP contribution < -0.4 is 4.90 Å². The van der Waals surface area contributed by atoms with Crippen LogP contribution in [0.2, 0.25) is 0 Å². The fraction of sp³-hybridized carbons (Fsp3) is 0.391. The van der Waals surface area contributed by atoms with Crippen molar-refractivity contribution in [2.75, 3.05) is 24.5 Å². The van der Waals surface area contributed by atoms with Crippen molar-refractivity contribution in [3.05, 3.63) is 65.9 Å². The third-order valence-corrected chi connectivity index (χ3v) is 7.94.